The first kappa shape index (κ1) is 17.5. The third-order valence-corrected chi connectivity index (χ3v) is 3.36. The first-order chi connectivity index (χ1) is 11.3. The standard InChI is InChI=1S/C17H14F3NO3/c18-17(19,20)13-8-6-11(7-9-13)10-14(16(23)24)21-15(22)12-4-2-1-3-5-12/h1-9,14H,10H2,(H,21,22)(H,23,24)/t14-/m0/s1. The molecule has 0 fully saturated rings. The molecule has 0 radical (unpaired) electrons. The van der Waals surface area contributed by atoms with Gasteiger partial charge in [-0.3, -0.25) is 4.79 Å². The molecule has 1 atom stereocenters. The summed E-state index contributed by atoms with van der Waals surface area (Å²) in [5, 5.41) is 11.6. The summed E-state index contributed by atoms with van der Waals surface area (Å²) in [5.74, 6) is -1.82. The largest absolute Gasteiger partial charge is 0.480 e. The summed E-state index contributed by atoms with van der Waals surface area (Å²) in [4.78, 5) is 23.3. The van der Waals surface area contributed by atoms with Crippen LogP contribution in [0, 0.1) is 0 Å². The molecule has 0 aromatic heterocycles. The molecule has 0 aliphatic heterocycles. The molecule has 4 nitrogen and oxygen atoms in total. The molecule has 0 aliphatic carbocycles. The maximum absolute atomic E-state index is 12.5. The number of hydrogen-bond acceptors (Lipinski definition) is 2. The Labute approximate surface area is 135 Å². The van der Waals surface area contributed by atoms with Crippen molar-refractivity contribution in [3.05, 3.63) is 71.3 Å². The van der Waals surface area contributed by atoms with Gasteiger partial charge in [0.25, 0.3) is 5.91 Å². The third-order valence-electron chi connectivity index (χ3n) is 3.36. The molecule has 0 bridgehead atoms. The summed E-state index contributed by atoms with van der Waals surface area (Å²) in [6, 6.07) is 11.0. The lowest BCUT2D eigenvalue weighted by Crippen LogP contribution is -2.42. The summed E-state index contributed by atoms with van der Waals surface area (Å²) in [5.41, 5.74) is -0.133. The minimum atomic E-state index is -4.45. The van der Waals surface area contributed by atoms with Gasteiger partial charge in [0, 0.05) is 12.0 Å². The van der Waals surface area contributed by atoms with E-state index < -0.39 is 29.7 Å². The highest BCUT2D eigenvalue weighted by Gasteiger charge is 2.30. The predicted octanol–water partition coefficient (Wildman–Crippen LogP) is 3.13. The summed E-state index contributed by atoms with van der Waals surface area (Å²) in [6.45, 7) is 0. The first-order valence-corrected chi connectivity index (χ1v) is 7.02. The summed E-state index contributed by atoms with van der Waals surface area (Å²) in [6.07, 6.45) is -4.57. The fraction of sp³-hybridized carbons (Fsp3) is 0.176. The van der Waals surface area contributed by atoms with Crippen LogP contribution in [0.2, 0.25) is 0 Å². The van der Waals surface area contributed by atoms with Crippen LogP contribution in [0.25, 0.3) is 0 Å². The summed E-state index contributed by atoms with van der Waals surface area (Å²) in [7, 11) is 0. The fourth-order valence-corrected chi connectivity index (χ4v) is 2.10. The van der Waals surface area contributed by atoms with Crippen molar-refractivity contribution in [1.82, 2.24) is 5.32 Å². The first-order valence-electron chi connectivity index (χ1n) is 7.02. The van der Waals surface area contributed by atoms with Crippen LogP contribution in [0.3, 0.4) is 0 Å². The smallest absolute Gasteiger partial charge is 0.416 e. The van der Waals surface area contributed by atoms with Gasteiger partial charge in [0.2, 0.25) is 0 Å². The van der Waals surface area contributed by atoms with E-state index in [1.54, 1.807) is 18.2 Å². The molecule has 1 amide bonds. The monoisotopic (exact) mass is 337 g/mol. The average molecular weight is 337 g/mol. The lowest BCUT2D eigenvalue weighted by molar-refractivity contribution is -0.139. The van der Waals surface area contributed by atoms with E-state index in [0.29, 0.717) is 11.1 Å². The van der Waals surface area contributed by atoms with Crippen molar-refractivity contribution in [3.63, 3.8) is 0 Å². The third kappa shape index (κ3) is 4.58. The number of nitrogens with one attached hydrogen (secondary N) is 1. The molecule has 0 aliphatic rings. The number of hydrogen-bond donors (Lipinski definition) is 2. The van der Waals surface area contributed by atoms with Gasteiger partial charge in [0.1, 0.15) is 6.04 Å². The Morgan fingerprint density at radius 3 is 2.08 bits per heavy atom. The molecule has 0 heterocycles. The quantitative estimate of drug-likeness (QED) is 0.881. The minimum absolute atomic E-state index is 0.119. The van der Waals surface area contributed by atoms with Crippen molar-refractivity contribution < 1.29 is 27.9 Å². The predicted molar refractivity (Wildman–Crippen MR) is 80.5 cm³/mol. The molecule has 0 unspecified atom stereocenters. The molecule has 24 heavy (non-hydrogen) atoms. The molecule has 0 saturated heterocycles. The average Bonchev–Trinajstić information content (AvgIpc) is 2.54. The van der Waals surface area contributed by atoms with E-state index in [0.717, 1.165) is 12.1 Å². The van der Waals surface area contributed by atoms with E-state index in [-0.39, 0.29) is 6.42 Å². The molecule has 0 saturated carbocycles. The summed E-state index contributed by atoms with van der Waals surface area (Å²) < 4.78 is 37.6. The normalized spacial score (nSPS) is 12.5. The van der Waals surface area contributed by atoms with E-state index >= 15 is 0 Å². The Kier molecular flexibility index (Phi) is 5.23. The Hall–Kier alpha value is -2.83. The fourth-order valence-electron chi connectivity index (χ4n) is 2.10. The summed E-state index contributed by atoms with van der Waals surface area (Å²) >= 11 is 0. The Morgan fingerprint density at radius 1 is 1.00 bits per heavy atom. The van der Waals surface area contributed by atoms with Crippen LogP contribution in [-0.4, -0.2) is 23.0 Å². The second kappa shape index (κ2) is 7.16. The molecule has 2 aromatic rings. The van der Waals surface area contributed by atoms with Crippen LogP contribution >= 0.6 is 0 Å². The number of carbonyl (C=O) groups is 2. The number of carbonyl (C=O) groups excluding carboxylic acids is 1. The molecular formula is C17H14F3NO3. The number of halogens is 3. The highest BCUT2D eigenvalue weighted by Crippen LogP contribution is 2.29. The second-order valence-corrected chi connectivity index (χ2v) is 5.13. The van der Waals surface area contributed by atoms with Crippen molar-refractivity contribution in [2.24, 2.45) is 0 Å². The van der Waals surface area contributed by atoms with E-state index in [4.69, 9.17) is 0 Å². The topological polar surface area (TPSA) is 66.4 Å². The van der Waals surface area contributed by atoms with Crippen molar-refractivity contribution in [2.75, 3.05) is 0 Å². The molecule has 0 spiro atoms. The Balaban J connectivity index is 2.09. The van der Waals surface area contributed by atoms with Gasteiger partial charge in [0.05, 0.1) is 5.56 Å². The van der Waals surface area contributed by atoms with Crippen molar-refractivity contribution in [2.45, 2.75) is 18.6 Å². The molecule has 126 valence electrons. The number of benzene rings is 2. The van der Waals surface area contributed by atoms with Gasteiger partial charge in [-0.2, -0.15) is 13.2 Å². The maximum Gasteiger partial charge on any atom is 0.416 e. The van der Waals surface area contributed by atoms with Gasteiger partial charge in [-0.05, 0) is 29.8 Å². The number of alkyl halides is 3. The minimum Gasteiger partial charge on any atom is -0.480 e. The van der Waals surface area contributed by atoms with E-state index in [9.17, 15) is 27.9 Å². The van der Waals surface area contributed by atoms with Gasteiger partial charge in [-0.1, -0.05) is 30.3 Å². The number of aliphatic carboxylic acids is 1. The van der Waals surface area contributed by atoms with E-state index in [2.05, 4.69) is 5.32 Å². The van der Waals surface area contributed by atoms with Crippen LogP contribution in [0.4, 0.5) is 13.2 Å². The molecule has 2 aromatic carbocycles. The van der Waals surface area contributed by atoms with Crippen LogP contribution < -0.4 is 5.32 Å². The Morgan fingerprint density at radius 2 is 1.58 bits per heavy atom. The van der Waals surface area contributed by atoms with Gasteiger partial charge < -0.3 is 10.4 Å². The zero-order valence-corrected chi connectivity index (χ0v) is 12.4. The maximum atomic E-state index is 12.5. The highest BCUT2D eigenvalue weighted by atomic mass is 19.4. The molecule has 2 N–H and O–H groups in total. The van der Waals surface area contributed by atoms with Gasteiger partial charge in [-0.25, -0.2) is 4.79 Å². The van der Waals surface area contributed by atoms with E-state index in [1.807, 2.05) is 0 Å². The SMILES string of the molecule is O=C(N[C@@H](Cc1ccc(C(F)(F)F)cc1)C(=O)O)c1ccccc1. The van der Waals surface area contributed by atoms with Crippen LogP contribution in [0.1, 0.15) is 21.5 Å². The van der Waals surface area contributed by atoms with Gasteiger partial charge in [-0.15, -0.1) is 0 Å². The van der Waals surface area contributed by atoms with Crippen molar-refractivity contribution >= 4 is 11.9 Å². The molecule has 2 rings (SSSR count). The lowest BCUT2D eigenvalue weighted by atomic mass is 10.0. The number of carboxylic acid groups (broad SMARTS) is 1. The van der Waals surface area contributed by atoms with E-state index in [1.165, 1.54) is 24.3 Å². The van der Waals surface area contributed by atoms with Crippen molar-refractivity contribution in [3.8, 4) is 0 Å². The van der Waals surface area contributed by atoms with Gasteiger partial charge >= 0.3 is 12.1 Å². The number of rotatable bonds is 5. The van der Waals surface area contributed by atoms with Crippen molar-refractivity contribution in [1.29, 1.82) is 0 Å². The zero-order valence-electron chi connectivity index (χ0n) is 12.4. The molecular weight excluding hydrogens is 323 g/mol. The number of carboxylic acids is 1. The lowest BCUT2D eigenvalue weighted by Gasteiger charge is -2.15. The molecule has 7 heteroatoms. The van der Waals surface area contributed by atoms with Crippen LogP contribution in [-0.2, 0) is 17.4 Å². The number of amides is 1. The zero-order chi connectivity index (χ0) is 17.7. The van der Waals surface area contributed by atoms with Gasteiger partial charge in [0.15, 0.2) is 0 Å². The Bertz CT molecular complexity index is 712. The highest BCUT2D eigenvalue weighted by molar-refractivity contribution is 5.96. The second-order valence-electron chi connectivity index (χ2n) is 5.13. The van der Waals surface area contributed by atoms with Crippen LogP contribution in [0.15, 0.2) is 54.6 Å². The van der Waals surface area contributed by atoms with Crippen LogP contribution in [0.5, 0.6) is 0 Å².